The van der Waals surface area contributed by atoms with Crippen molar-refractivity contribution in [1.29, 1.82) is 0 Å². The Hall–Kier alpha value is -3.52. The third-order valence-electron chi connectivity index (χ3n) is 6.85. The predicted molar refractivity (Wildman–Crippen MR) is 139 cm³/mol. The summed E-state index contributed by atoms with van der Waals surface area (Å²) in [6.07, 6.45) is 3.47. The molecule has 1 aliphatic rings. The summed E-state index contributed by atoms with van der Waals surface area (Å²) in [6, 6.07) is 18.0. The SMILES string of the molecule is Cn1nccc1-c1cc(C(C)(C)C)ccc1[C@@H]1CCc2cc(S(=O)(=O)Nc3cccc(F)n3)ccc21. The number of aromatic nitrogens is 3. The van der Waals surface area contributed by atoms with E-state index in [0.717, 1.165) is 35.2 Å². The molecule has 2 aromatic carbocycles. The van der Waals surface area contributed by atoms with Gasteiger partial charge in [0.25, 0.3) is 10.0 Å². The molecule has 0 unspecified atom stereocenters. The highest BCUT2D eigenvalue weighted by atomic mass is 32.2. The summed E-state index contributed by atoms with van der Waals surface area (Å²) in [5.74, 6) is -0.643. The van der Waals surface area contributed by atoms with Gasteiger partial charge in [-0.3, -0.25) is 9.40 Å². The quantitative estimate of drug-likeness (QED) is 0.349. The van der Waals surface area contributed by atoms with Gasteiger partial charge < -0.3 is 0 Å². The number of benzene rings is 2. The van der Waals surface area contributed by atoms with Gasteiger partial charge in [-0.25, -0.2) is 13.4 Å². The molecule has 1 N–H and O–H groups in total. The van der Waals surface area contributed by atoms with Crippen LogP contribution in [0.3, 0.4) is 0 Å². The molecule has 0 saturated carbocycles. The first-order valence-electron chi connectivity index (χ1n) is 11.9. The molecule has 0 radical (unpaired) electrons. The number of halogens is 1. The number of nitrogens with one attached hydrogen (secondary N) is 1. The summed E-state index contributed by atoms with van der Waals surface area (Å²) >= 11 is 0. The van der Waals surface area contributed by atoms with Crippen molar-refractivity contribution in [1.82, 2.24) is 14.8 Å². The van der Waals surface area contributed by atoms with Gasteiger partial charge in [-0.1, -0.05) is 45.0 Å². The first-order valence-corrected chi connectivity index (χ1v) is 13.4. The van der Waals surface area contributed by atoms with Crippen LogP contribution in [-0.2, 0) is 28.9 Å². The van der Waals surface area contributed by atoms with E-state index in [1.807, 2.05) is 30.1 Å². The topological polar surface area (TPSA) is 76.9 Å². The van der Waals surface area contributed by atoms with Crippen molar-refractivity contribution in [3.05, 3.63) is 95.1 Å². The molecule has 0 saturated heterocycles. The first kappa shape index (κ1) is 24.2. The second-order valence-electron chi connectivity index (χ2n) is 10.3. The van der Waals surface area contributed by atoms with Crippen molar-refractivity contribution in [2.24, 2.45) is 7.05 Å². The van der Waals surface area contributed by atoms with Gasteiger partial charge >= 0.3 is 0 Å². The van der Waals surface area contributed by atoms with Crippen LogP contribution >= 0.6 is 0 Å². The zero-order valence-electron chi connectivity index (χ0n) is 20.8. The van der Waals surface area contributed by atoms with Crippen LogP contribution in [0.1, 0.15) is 55.4 Å². The number of sulfonamides is 1. The van der Waals surface area contributed by atoms with E-state index >= 15 is 0 Å². The lowest BCUT2D eigenvalue weighted by Gasteiger charge is -2.24. The third-order valence-corrected chi connectivity index (χ3v) is 8.20. The molecule has 1 atom stereocenters. The number of anilines is 1. The van der Waals surface area contributed by atoms with Crippen LogP contribution in [0.5, 0.6) is 0 Å². The summed E-state index contributed by atoms with van der Waals surface area (Å²) < 4.78 is 43.6. The predicted octanol–water partition coefficient (Wildman–Crippen LogP) is 5.80. The number of aryl methyl sites for hydroxylation is 2. The molecule has 0 amide bonds. The van der Waals surface area contributed by atoms with Crippen molar-refractivity contribution in [3.63, 3.8) is 0 Å². The Morgan fingerprint density at radius 3 is 2.50 bits per heavy atom. The van der Waals surface area contributed by atoms with E-state index in [1.165, 1.54) is 29.3 Å². The number of hydrogen-bond acceptors (Lipinski definition) is 4. The summed E-state index contributed by atoms with van der Waals surface area (Å²) in [5, 5.41) is 4.39. The van der Waals surface area contributed by atoms with Crippen LogP contribution < -0.4 is 4.72 Å². The molecule has 0 fully saturated rings. The number of rotatable bonds is 5. The van der Waals surface area contributed by atoms with Crippen molar-refractivity contribution in [2.45, 2.75) is 49.8 Å². The van der Waals surface area contributed by atoms with E-state index in [0.29, 0.717) is 0 Å². The minimum Gasteiger partial charge on any atom is -0.268 e. The monoisotopic (exact) mass is 504 g/mol. The number of nitrogens with zero attached hydrogens (tertiary/aromatic N) is 3. The van der Waals surface area contributed by atoms with Gasteiger partial charge in [-0.2, -0.15) is 9.49 Å². The van der Waals surface area contributed by atoms with E-state index < -0.39 is 16.0 Å². The summed E-state index contributed by atoms with van der Waals surface area (Å²) in [6.45, 7) is 6.61. The summed E-state index contributed by atoms with van der Waals surface area (Å²) in [4.78, 5) is 3.75. The van der Waals surface area contributed by atoms with Crippen LogP contribution in [0.2, 0.25) is 0 Å². The lowest BCUT2D eigenvalue weighted by molar-refractivity contribution is 0.584. The number of hydrogen-bond donors (Lipinski definition) is 1. The molecule has 0 spiro atoms. The van der Waals surface area contributed by atoms with E-state index in [-0.39, 0.29) is 22.0 Å². The highest BCUT2D eigenvalue weighted by Crippen LogP contribution is 2.43. The van der Waals surface area contributed by atoms with E-state index in [4.69, 9.17) is 0 Å². The molecule has 5 rings (SSSR count). The smallest absolute Gasteiger partial charge is 0.263 e. The van der Waals surface area contributed by atoms with E-state index in [9.17, 15) is 12.8 Å². The molecule has 2 aromatic heterocycles. The Morgan fingerprint density at radius 1 is 1.03 bits per heavy atom. The minimum atomic E-state index is -3.90. The molecule has 0 aliphatic heterocycles. The Labute approximate surface area is 211 Å². The molecular weight excluding hydrogens is 475 g/mol. The normalized spacial score (nSPS) is 15.6. The second kappa shape index (κ2) is 8.85. The molecule has 186 valence electrons. The zero-order valence-corrected chi connectivity index (χ0v) is 21.6. The molecule has 0 bridgehead atoms. The van der Waals surface area contributed by atoms with Gasteiger partial charge in [0.15, 0.2) is 0 Å². The molecule has 6 nitrogen and oxygen atoms in total. The Kier molecular flexibility index (Phi) is 5.95. The largest absolute Gasteiger partial charge is 0.268 e. The lowest BCUT2D eigenvalue weighted by atomic mass is 9.81. The maximum atomic E-state index is 13.4. The minimum absolute atomic E-state index is 0.00619. The standard InChI is InChI=1S/C28H29FN4O2S/c1-28(2,3)19-9-12-23(24(17-19)25-14-15-30-33(25)4)22-11-8-18-16-20(10-13-21(18)22)36(34,35)32-27-7-5-6-26(29)31-27/h5-7,9-10,12-17,22H,8,11H2,1-4H3,(H,31,32)/t22-/m1/s1. The summed E-state index contributed by atoms with van der Waals surface area (Å²) in [5.41, 5.74) is 6.80. The van der Waals surface area contributed by atoms with Crippen LogP contribution in [0, 0.1) is 5.95 Å². The fraction of sp³-hybridized carbons (Fsp3) is 0.286. The molecule has 4 aromatic rings. The van der Waals surface area contributed by atoms with Gasteiger partial charge in [0, 0.05) is 24.7 Å². The zero-order chi connectivity index (χ0) is 25.7. The Morgan fingerprint density at radius 2 is 1.81 bits per heavy atom. The van der Waals surface area contributed by atoms with Crippen molar-refractivity contribution < 1.29 is 12.8 Å². The van der Waals surface area contributed by atoms with Crippen LogP contribution in [0.4, 0.5) is 10.2 Å². The molecule has 8 heteroatoms. The fourth-order valence-electron chi connectivity index (χ4n) is 4.93. The average Bonchev–Trinajstić information content (AvgIpc) is 3.43. The maximum Gasteiger partial charge on any atom is 0.263 e. The van der Waals surface area contributed by atoms with Gasteiger partial charge in [-0.05, 0) is 76.9 Å². The van der Waals surface area contributed by atoms with Gasteiger partial charge in [0.1, 0.15) is 5.82 Å². The van der Waals surface area contributed by atoms with Crippen molar-refractivity contribution in [2.75, 3.05) is 4.72 Å². The molecule has 2 heterocycles. The van der Waals surface area contributed by atoms with Crippen LogP contribution in [-0.4, -0.2) is 23.2 Å². The highest BCUT2D eigenvalue weighted by Gasteiger charge is 2.29. The summed E-state index contributed by atoms with van der Waals surface area (Å²) in [7, 11) is -1.95. The first-order chi connectivity index (χ1) is 17.0. The second-order valence-corrected chi connectivity index (χ2v) is 12.0. The lowest BCUT2D eigenvalue weighted by Crippen LogP contribution is -2.14. The van der Waals surface area contributed by atoms with E-state index in [2.05, 4.69) is 53.8 Å². The third kappa shape index (κ3) is 4.53. The highest BCUT2D eigenvalue weighted by molar-refractivity contribution is 7.92. The molecule has 36 heavy (non-hydrogen) atoms. The van der Waals surface area contributed by atoms with Crippen LogP contribution in [0.25, 0.3) is 11.3 Å². The fourth-order valence-corrected chi connectivity index (χ4v) is 5.98. The average molecular weight is 505 g/mol. The molecule has 1 aliphatic carbocycles. The van der Waals surface area contributed by atoms with Crippen molar-refractivity contribution >= 4 is 15.8 Å². The van der Waals surface area contributed by atoms with Gasteiger partial charge in [0.05, 0.1) is 10.6 Å². The number of pyridine rings is 1. The Balaban J connectivity index is 1.52. The number of fused-ring (bicyclic) bond motifs is 1. The Bertz CT molecular complexity index is 1550. The van der Waals surface area contributed by atoms with Gasteiger partial charge in [0.2, 0.25) is 5.95 Å². The van der Waals surface area contributed by atoms with Gasteiger partial charge in [-0.15, -0.1) is 0 Å². The van der Waals surface area contributed by atoms with Crippen LogP contribution in [0.15, 0.2) is 71.8 Å². The maximum absolute atomic E-state index is 13.4. The molecular formula is C28H29FN4O2S. The van der Waals surface area contributed by atoms with Crippen molar-refractivity contribution in [3.8, 4) is 11.3 Å². The van der Waals surface area contributed by atoms with E-state index in [1.54, 1.807) is 12.1 Å².